The Labute approximate surface area is 363 Å². The first-order valence-corrected chi connectivity index (χ1v) is 21.9. The summed E-state index contributed by atoms with van der Waals surface area (Å²) in [6, 6.07) is 28.2. The molecule has 322 valence electrons. The second-order valence-electron chi connectivity index (χ2n) is 17.2. The van der Waals surface area contributed by atoms with Gasteiger partial charge in [-0.1, -0.05) is 42.5 Å². The zero-order chi connectivity index (χ0) is 42.7. The Morgan fingerprint density at radius 3 is 2.39 bits per heavy atom. The number of Topliss-reactive ketones (excluding diaryl/α,β-unsaturated/α-hetero) is 1. The number of phenolic OH excluding ortho intramolecular Hbond substituents is 1. The second kappa shape index (κ2) is 18.2. The molecule has 12 nitrogen and oxygen atoms in total. The number of ketones is 1. The number of nitrogens with zero attached hydrogens (tertiary/aromatic N) is 5. The van der Waals surface area contributed by atoms with E-state index in [0.717, 1.165) is 74.4 Å². The lowest BCUT2D eigenvalue weighted by atomic mass is 9.92. The molecule has 0 unspecified atom stereocenters. The van der Waals surface area contributed by atoms with Gasteiger partial charge in [-0.3, -0.25) is 19.3 Å². The Kier molecular flexibility index (Phi) is 12.1. The van der Waals surface area contributed by atoms with Crippen LogP contribution in [-0.2, 0) is 37.2 Å². The third-order valence-electron chi connectivity index (χ3n) is 12.7. The fourth-order valence-corrected chi connectivity index (χ4v) is 9.42. The molecule has 5 heterocycles. The van der Waals surface area contributed by atoms with Crippen LogP contribution in [0, 0.1) is 0 Å². The molecule has 2 amide bonds. The number of aromatic nitrogens is 1. The minimum absolute atomic E-state index is 0.0575. The molecule has 62 heavy (non-hydrogen) atoms. The topological polar surface area (TPSA) is 117 Å². The number of aromatic hydroxyl groups is 1. The number of carbonyl (C=O) groups is 3. The fourth-order valence-electron chi connectivity index (χ4n) is 9.42. The summed E-state index contributed by atoms with van der Waals surface area (Å²) in [7, 11) is 3.99. The lowest BCUT2D eigenvalue weighted by molar-refractivity contribution is 0.0193. The Bertz CT molecular complexity index is 2450. The van der Waals surface area contributed by atoms with Crippen molar-refractivity contribution in [2.45, 2.75) is 64.2 Å². The van der Waals surface area contributed by atoms with Crippen molar-refractivity contribution in [3.05, 3.63) is 130 Å². The minimum atomic E-state index is -0.206. The van der Waals surface area contributed by atoms with Crippen molar-refractivity contribution in [2.75, 3.05) is 65.2 Å². The molecule has 12 heteroatoms. The van der Waals surface area contributed by atoms with Crippen molar-refractivity contribution in [2.24, 2.45) is 0 Å². The summed E-state index contributed by atoms with van der Waals surface area (Å²) in [5, 5.41) is 10.2. The molecular formula is C50H55N5O7. The number of phenols is 1. The van der Waals surface area contributed by atoms with Crippen LogP contribution in [0.15, 0.2) is 91.0 Å². The van der Waals surface area contributed by atoms with Crippen molar-refractivity contribution >= 4 is 23.3 Å². The maximum atomic E-state index is 15.3. The standard InChI is InChI=1S/C50H55N5O7/c1-51(2)19-8-14-46(57)36-12-7-9-34(25-36)30-54(38-15-17-40(56)18-16-38)50(59)43-27-45(53-20-6-5-13-44(43)53)41-28-47-48(62-33-61-47)29-42(41)49(58)55-31-37-11-4-3-10-35(37)26-39(55)32-52-21-23-60-24-22-52/h3-4,7,9-12,15-18,25,27-29,39,56H,5-6,8,13-14,19-24,26,30-33H2,1-2H3/t39-/m0/s1. The smallest absolute Gasteiger partial charge is 0.260 e. The molecule has 0 spiro atoms. The number of amides is 2. The van der Waals surface area contributed by atoms with Crippen molar-refractivity contribution in [3.63, 3.8) is 0 Å². The number of benzene rings is 4. The number of fused-ring (bicyclic) bond motifs is 3. The van der Waals surface area contributed by atoms with Crippen LogP contribution in [0.2, 0.25) is 0 Å². The molecule has 4 aliphatic heterocycles. The molecule has 0 saturated carbocycles. The maximum Gasteiger partial charge on any atom is 0.260 e. The van der Waals surface area contributed by atoms with E-state index in [4.69, 9.17) is 14.2 Å². The summed E-state index contributed by atoms with van der Waals surface area (Å²) >= 11 is 0. The first-order valence-electron chi connectivity index (χ1n) is 21.9. The lowest BCUT2D eigenvalue weighted by Gasteiger charge is -2.40. The van der Waals surface area contributed by atoms with Gasteiger partial charge in [0.2, 0.25) is 6.79 Å². The number of hydrogen-bond acceptors (Lipinski definition) is 9. The highest BCUT2D eigenvalue weighted by Crippen LogP contribution is 2.42. The Morgan fingerprint density at radius 1 is 0.823 bits per heavy atom. The van der Waals surface area contributed by atoms with E-state index in [-0.39, 0.29) is 42.7 Å². The van der Waals surface area contributed by atoms with Crippen molar-refractivity contribution in [3.8, 4) is 28.5 Å². The van der Waals surface area contributed by atoms with Gasteiger partial charge in [-0.15, -0.1) is 0 Å². The van der Waals surface area contributed by atoms with Gasteiger partial charge in [0.1, 0.15) is 5.75 Å². The molecule has 1 aromatic heterocycles. The summed E-state index contributed by atoms with van der Waals surface area (Å²) in [6.07, 6.45) is 4.49. The zero-order valence-electron chi connectivity index (χ0n) is 35.7. The summed E-state index contributed by atoms with van der Waals surface area (Å²) in [6.45, 7) is 6.00. The van der Waals surface area contributed by atoms with Gasteiger partial charge in [-0.05, 0) is 118 Å². The Morgan fingerprint density at radius 2 is 1.60 bits per heavy atom. The largest absolute Gasteiger partial charge is 0.508 e. The molecule has 0 radical (unpaired) electrons. The number of ether oxygens (including phenoxy) is 3. The monoisotopic (exact) mass is 837 g/mol. The van der Waals surface area contributed by atoms with Gasteiger partial charge in [-0.25, -0.2) is 0 Å². The van der Waals surface area contributed by atoms with E-state index >= 15 is 9.59 Å². The van der Waals surface area contributed by atoms with E-state index in [1.54, 1.807) is 29.2 Å². The molecule has 1 atom stereocenters. The van der Waals surface area contributed by atoms with Crippen LogP contribution in [0.4, 0.5) is 5.69 Å². The van der Waals surface area contributed by atoms with Crippen molar-refractivity contribution < 1.29 is 33.7 Å². The van der Waals surface area contributed by atoms with Crippen LogP contribution >= 0.6 is 0 Å². The van der Waals surface area contributed by atoms with Crippen LogP contribution in [0.25, 0.3) is 11.3 Å². The molecule has 1 fully saturated rings. The lowest BCUT2D eigenvalue weighted by Crippen LogP contribution is -2.52. The fraction of sp³-hybridized carbons (Fsp3) is 0.380. The summed E-state index contributed by atoms with van der Waals surface area (Å²) in [4.78, 5) is 52.0. The number of rotatable bonds is 13. The highest BCUT2D eigenvalue weighted by Gasteiger charge is 2.36. The first-order chi connectivity index (χ1) is 30.2. The average Bonchev–Trinajstić information content (AvgIpc) is 3.92. The Balaban J connectivity index is 1.09. The van der Waals surface area contributed by atoms with Gasteiger partial charge >= 0.3 is 0 Å². The van der Waals surface area contributed by atoms with Crippen molar-refractivity contribution in [1.82, 2.24) is 19.3 Å². The predicted molar refractivity (Wildman–Crippen MR) is 237 cm³/mol. The predicted octanol–water partition coefficient (Wildman–Crippen LogP) is 7.20. The molecular weight excluding hydrogens is 783 g/mol. The van der Waals surface area contributed by atoms with Gasteiger partial charge in [-0.2, -0.15) is 0 Å². The van der Waals surface area contributed by atoms with E-state index in [0.29, 0.717) is 78.6 Å². The van der Waals surface area contributed by atoms with Crippen LogP contribution in [0.5, 0.6) is 17.2 Å². The number of hydrogen-bond donors (Lipinski definition) is 1. The van der Waals surface area contributed by atoms with Crippen LogP contribution in [0.3, 0.4) is 0 Å². The molecule has 9 rings (SSSR count). The first kappa shape index (κ1) is 41.4. The highest BCUT2D eigenvalue weighted by molar-refractivity contribution is 6.09. The van der Waals surface area contributed by atoms with E-state index in [1.807, 2.05) is 67.5 Å². The summed E-state index contributed by atoms with van der Waals surface area (Å²) < 4.78 is 19.7. The van der Waals surface area contributed by atoms with E-state index < -0.39 is 0 Å². The zero-order valence-corrected chi connectivity index (χ0v) is 35.7. The second-order valence-corrected chi connectivity index (χ2v) is 17.2. The summed E-state index contributed by atoms with van der Waals surface area (Å²) in [5.74, 6) is 0.954. The SMILES string of the molecule is CN(C)CCCC(=O)c1cccc(CN(C(=O)c2cc(-c3cc4c(cc3C(=O)N3Cc5ccccc5C[C@H]3CN3CCOCC3)OCO4)n3c2CCCC3)c2ccc(O)cc2)c1. The molecule has 5 aromatic rings. The van der Waals surface area contributed by atoms with Crippen LogP contribution in [0.1, 0.15) is 79.1 Å². The van der Waals surface area contributed by atoms with Crippen LogP contribution < -0.4 is 14.4 Å². The van der Waals surface area contributed by atoms with Gasteiger partial charge in [0.05, 0.1) is 30.9 Å². The van der Waals surface area contributed by atoms with E-state index in [9.17, 15) is 9.90 Å². The number of morpholine rings is 1. The number of anilines is 1. The minimum Gasteiger partial charge on any atom is -0.508 e. The van der Waals surface area contributed by atoms with Gasteiger partial charge < -0.3 is 38.6 Å². The quantitative estimate of drug-likeness (QED) is 0.123. The number of carbonyl (C=O) groups excluding carboxylic acids is 3. The third kappa shape index (κ3) is 8.72. The molecule has 1 N–H and O–H groups in total. The summed E-state index contributed by atoms with van der Waals surface area (Å²) in [5.41, 5.74) is 7.91. The van der Waals surface area contributed by atoms with Gasteiger partial charge in [0.25, 0.3) is 11.8 Å². The molecule has 0 bridgehead atoms. The third-order valence-corrected chi connectivity index (χ3v) is 12.7. The molecule has 1 saturated heterocycles. The van der Waals surface area contributed by atoms with Crippen molar-refractivity contribution in [1.29, 1.82) is 0 Å². The van der Waals surface area contributed by atoms with Crippen LogP contribution in [-0.4, -0.2) is 108 Å². The normalized spacial score (nSPS) is 17.1. The highest BCUT2D eigenvalue weighted by atomic mass is 16.7. The average molecular weight is 838 g/mol. The molecule has 4 aliphatic rings. The maximum absolute atomic E-state index is 15.3. The van der Waals surface area contributed by atoms with E-state index in [1.165, 1.54) is 5.56 Å². The molecule has 4 aromatic carbocycles. The van der Waals surface area contributed by atoms with E-state index in [2.05, 4.69) is 32.6 Å². The Hall–Kier alpha value is -5.95. The molecule has 0 aliphatic carbocycles. The van der Waals surface area contributed by atoms with Gasteiger partial charge in [0, 0.05) is 73.4 Å². The van der Waals surface area contributed by atoms with Gasteiger partial charge in [0.15, 0.2) is 17.3 Å².